The predicted molar refractivity (Wildman–Crippen MR) is 139 cm³/mol. The van der Waals surface area contributed by atoms with E-state index in [0.29, 0.717) is 35.7 Å². The molecule has 4 aromatic rings. The number of pyridine rings is 1. The molecule has 2 N–H and O–H groups in total. The summed E-state index contributed by atoms with van der Waals surface area (Å²) in [7, 11) is -1.21. The standard InChI is InChI=1S/C27H29F2N5OSi/c1-36(2,3)8-7-35-17-34-26-14-23(20-6-4-5-18(9-20)15-30)27(33-25(26)16-32-34)24(31)12-19-10-21(28)13-22(29)11-19/h4-6,9-11,13-14,16,24H,7-8,12,17,31H2,1-3H3/t24-/m0/s1. The van der Waals surface area contributed by atoms with Crippen molar-refractivity contribution in [2.45, 2.75) is 44.9 Å². The summed E-state index contributed by atoms with van der Waals surface area (Å²) in [6.07, 6.45) is 1.84. The van der Waals surface area contributed by atoms with E-state index in [1.165, 1.54) is 12.1 Å². The van der Waals surface area contributed by atoms with Crippen LogP contribution in [0.4, 0.5) is 8.78 Å². The van der Waals surface area contributed by atoms with Crippen molar-refractivity contribution in [2.24, 2.45) is 5.73 Å². The first-order valence-electron chi connectivity index (χ1n) is 11.8. The number of benzene rings is 2. The molecule has 0 bridgehead atoms. The molecule has 0 aliphatic carbocycles. The Bertz CT molecular complexity index is 1400. The molecule has 0 fully saturated rings. The molecule has 36 heavy (non-hydrogen) atoms. The van der Waals surface area contributed by atoms with E-state index in [9.17, 15) is 14.0 Å². The zero-order valence-electron chi connectivity index (χ0n) is 20.6. The zero-order chi connectivity index (χ0) is 25.9. The molecule has 6 nitrogen and oxygen atoms in total. The minimum Gasteiger partial charge on any atom is -0.360 e. The van der Waals surface area contributed by atoms with E-state index >= 15 is 0 Å². The van der Waals surface area contributed by atoms with Crippen molar-refractivity contribution in [3.8, 4) is 17.2 Å². The van der Waals surface area contributed by atoms with Crippen molar-refractivity contribution < 1.29 is 13.5 Å². The maximum atomic E-state index is 13.8. The summed E-state index contributed by atoms with van der Waals surface area (Å²) in [6.45, 7) is 7.85. The van der Waals surface area contributed by atoms with Gasteiger partial charge in [-0.25, -0.2) is 18.4 Å². The van der Waals surface area contributed by atoms with Crippen LogP contribution < -0.4 is 5.73 Å². The summed E-state index contributed by atoms with van der Waals surface area (Å²) in [5, 5.41) is 13.9. The second-order valence-electron chi connectivity index (χ2n) is 10.1. The van der Waals surface area contributed by atoms with Gasteiger partial charge in [-0.05, 0) is 53.9 Å². The van der Waals surface area contributed by atoms with E-state index in [1.807, 2.05) is 12.1 Å². The van der Waals surface area contributed by atoms with Gasteiger partial charge in [-0.2, -0.15) is 10.4 Å². The van der Waals surface area contributed by atoms with Crippen LogP contribution in [0.25, 0.3) is 22.2 Å². The molecule has 2 aromatic heterocycles. The Labute approximate surface area is 210 Å². The van der Waals surface area contributed by atoms with Gasteiger partial charge in [0.25, 0.3) is 0 Å². The Balaban J connectivity index is 1.72. The molecule has 0 radical (unpaired) electrons. The van der Waals surface area contributed by atoms with Gasteiger partial charge in [-0.15, -0.1) is 0 Å². The topological polar surface area (TPSA) is 89.8 Å². The number of hydrogen-bond donors (Lipinski definition) is 1. The minimum absolute atomic E-state index is 0.187. The van der Waals surface area contributed by atoms with E-state index in [2.05, 4.69) is 30.8 Å². The van der Waals surface area contributed by atoms with Crippen LogP contribution in [0.2, 0.25) is 25.7 Å². The van der Waals surface area contributed by atoms with Crippen LogP contribution in [0.3, 0.4) is 0 Å². The molecule has 0 aliphatic rings. The Hall–Kier alpha value is -3.45. The lowest BCUT2D eigenvalue weighted by Gasteiger charge is -2.18. The maximum absolute atomic E-state index is 13.8. The second kappa shape index (κ2) is 10.7. The van der Waals surface area contributed by atoms with E-state index in [0.717, 1.165) is 28.8 Å². The number of halogens is 2. The van der Waals surface area contributed by atoms with Gasteiger partial charge in [0.2, 0.25) is 0 Å². The summed E-state index contributed by atoms with van der Waals surface area (Å²) in [4.78, 5) is 4.81. The van der Waals surface area contributed by atoms with Gasteiger partial charge in [0.1, 0.15) is 23.9 Å². The van der Waals surface area contributed by atoms with Crippen molar-refractivity contribution in [3.63, 3.8) is 0 Å². The average Bonchev–Trinajstić information content (AvgIpc) is 3.21. The van der Waals surface area contributed by atoms with Gasteiger partial charge in [0.15, 0.2) is 0 Å². The third-order valence-corrected chi connectivity index (χ3v) is 7.60. The normalized spacial score (nSPS) is 12.6. The summed E-state index contributed by atoms with van der Waals surface area (Å²) >= 11 is 0. The summed E-state index contributed by atoms with van der Waals surface area (Å²) in [6, 6.07) is 15.1. The fourth-order valence-corrected chi connectivity index (χ4v) is 4.76. The van der Waals surface area contributed by atoms with Gasteiger partial charge in [-0.1, -0.05) is 31.8 Å². The van der Waals surface area contributed by atoms with Gasteiger partial charge in [0, 0.05) is 26.3 Å². The molecule has 4 rings (SSSR count). The van der Waals surface area contributed by atoms with E-state index in [1.54, 1.807) is 29.1 Å². The van der Waals surface area contributed by atoms with Crippen LogP contribution in [-0.4, -0.2) is 29.4 Å². The molecule has 0 saturated heterocycles. The van der Waals surface area contributed by atoms with Gasteiger partial charge >= 0.3 is 0 Å². The van der Waals surface area contributed by atoms with E-state index < -0.39 is 25.8 Å². The molecule has 2 aromatic carbocycles. The first-order chi connectivity index (χ1) is 17.1. The van der Waals surface area contributed by atoms with E-state index in [4.69, 9.17) is 15.5 Å². The molecular formula is C27H29F2N5OSi. The maximum Gasteiger partial charge on any atom is 0.140 e. The van der Waals surface area contributed by atoms with Gasteiger partial charge in [0.05, 0.1) is 35.1 Å². The number of rotatable bonds is 9. The summed E-state index contributed by atoms with van der Waals surface area (Å²) in [5.74, 6) is -1.31. The Morgan fingerprint density at radius 1 is 1.11 bits per heavy atom. The van der Waals surface area contributed by atoms with Gasteiger partial charge < -0.3 is 10.5 Å². The first-order valence-corrected chi connectivity index (χ1v) is 15.5. The molecular weight excluding hydrogens is 476 g/mol. The Kier molecular flexibility index (Phi) is 7.59. The molecule has 0 unspecified atom stereocenters. The fourth-order valence-electron chi connectivity index (χ4n) is 4.00. The second-order valence-corrected chi connectivity index (χ2v) is 15.7. The van der Waals surface area contributed by atoms with Crippen molar-refractivity contribution >= 4 is 19.1 Å². The molecule has 9 heteroatoms. The predicted octanol–water partition coefficient (Wildman–Crippen LogP) is 5.80. The molecule has 186 valence electrons. The smallest absolute Gasteiger partial charge is 0.140 e. The first kappa shape index (κ1) is 25.6. The van der Waals surface area contributed by atoms with Crippen LogP contribution >= 0.6 is 0 Å². The average molecular weight is 506 g/mol. The van der Waals surface area contributed by atoms with Crippen molar-refractivity contribution in [1.82, 2.24) is 14.8 Å². The van der Waals surface area contributed by atoms with Crippen LogP contribution in [-0.2, 0) is 17.9 Å². The molecule has 0 aliphatic heterocycles. The highest BCUT2D eigenvalue weighted by Crippen LogP contribution is 2.32. The highest BCUT2D eigenvalue weighted by Gasteiger charge is 2.20. The highest BCUT2D eigenvalue weighted by atomic mass is 28.3. The number of hydrogen-bond acceptors (Lipinski definition) is 5. The lowest BCUT2D eigenvalue weighted by atomic mass is 9.95. The van der Waals surface area contributed by atoms with Gasteiger partial charge in [-0.3, -0.25) is 0 Å². The zero-order valence-corrected chi connectivity index (χ0v) is 21.6. The lowest BCUT2D eigenvalue weighted by molar-refractivity contribution is 0.0817. The summed E-state index contributed by atoms with van der Waals surface area (Å²) in [5.41, 5.74) is 11.0. The number of nitrogens with two attached hydrogens (primary N) is 1. The number of ether oxygens (including phenoxy) is 1. The Morgan fingerprint density at radius 3 is 2.56 bits per heavy atom. The number of nitrogens with zero attached hydrogens (tertiary/aromatic N) is 4. The van der Waals surface area contributed by atoms with Crippen molar-refractivity contribution in [2.75, 3.05) is 6.61 Å². The molecule has 0 saturated carbocycles. The van der Waals surface area contributed by atoms with Crippen LogP contribution in [0, 0.1) is 23.0 Å². The van der Waals surface area contributed by atoms with Crippen LogP contribution in [0.15, 0.2) is 54.7 Å². The monoisotopic (exact) mass is 505 g/mol. The number of aromatic nitrogens is 3. The third-order valence-electron chi connectivity index (χ3n) is 5.90. The quantitative estimate of drug-likeness (QED) is 0.229. The molecule has 1 atom stereocenters. The lowest BCUT2D eigenvalue weighted by Crippen LogP contribution is -2.22. The minimum atomic E-state index is -1.21. The van der Waals surface area contributed by atoms with E-state index in [-0.39, 0.29) is 6.42 Å². The van der Waals surface area contributed by atoms with Crippen molar-refractivity contribution in [3.05, 3.63) is 83.2 Å². The highest BCUT2D eigenvalue weighted by molar-refractivity contribution is 6.76. The van der Waals surface area contributed by atoms with Crippen LogP contribution in [0.1, 0.15) is 22.9 Å². The summed E-state index contributed by atoms with van der Waals surface area (Å²) < 4.78 is 35.2. The number of nitriles is 1. The third kappa shape index (κ3) is 6.21. The van der Waals surface area contributed by atoms with Crippen molar-refractivity contribution in [1.29, 1.82) is 5.26 Å². The molecule has 0 amide bonds. The number of fused-ring (bicyclic) bond motifs is 1. The SMILES string of the molecule is C[Si](C)(C)CCOCn1ncc2nc([C@@H](N)Cc3cc(F)cc(F)c3)c(-c3cccc(C#N)c3)cc21. The fraction of sp³-hybridized carbons (Fsp3) is 0.296. The molecule has 2 heterocycles. The Morgan fingerprint density at radius 2 is 1.86 bits per heavy atom. The largest absolute Gasteiger partial charge is 0.360 e. The molecule has 0 spiro atoms. The van der Waals surface area contributed by atoms with Crippen LogP contribution in [0.5, 0.6) is 0 Å².